The second kappa shape index (κ2) is 6.62. The smallest absolute Gasteiger partial charge is 0.270 e. The van der Waals surface area contributed by atoms with Crippen molar-refractivity contribution in [1.29, 1.82) is 0 Å². The second-order valence-electron chi connectivity index (χ2n) is 9.26. The van der Waals surface area contributed by atoms with Crippen LogP contribution in [0.25, 0.3) is 0 Å². The molecule has 4 saturated carbocycles. The number of rotatable bonds is 2. The third-order valence-corrected chi connectivity index (χ3v) is 6.66. The van der Waals surface area contributed by atoms with Crippen molar-refractivity contribution in [2.45, 2.75) is 57.9 Å². The standard InChI is InChI=1S/C23H25N5O/c1-15-12-24-13-19(26-15)3-5-22-8-17-7-18(9-22)11-23(10-17,14-22)28-21(29)20-4-6-25-16(2)27-20/h4,6,12-13,17-18H,7-11,14H2,1-2H3,(H,28,29). The SMILES string of the molecule is Cc1cncc(C#CC23CC4CC(C2)CC(NC(=O)c2ccnc(C)n2)(C4)C3)n1. The fourth-order valence-electron chi connectivity index (χ4n) is 6.16. The number of hydrogen-bond donors (Lipinski definition) is 1. The summed E-state index contributed by atoms with van der Waals surface area (Å²) in [4.78, 5) is 30.0. The molecular weight excluding hydrogens is 362 g/mol. The van der Waals surface area contributed by atoms with E-state index in [0.717, 1.165) is 43.5 Å². The molecule has 1 N–H and O–H groups in total. The largest absolute Gasteiger partial charge is 0.345 e. The van der Waals surface area contributed by atoms with Gasteiger partial charge in [0.15, 0.2) is 0 Å². The first-order chi connectivity index (χ1) is 13.9. The molecule has 0 aromatic carbocycles. The summed E-state index contributed by atoms with van der Waals surface area (Å²) in [5.41, 5.74) is 1.85. The van der Waals surface area contributed by atoms with Gasteiger partial charge in [-0.3, -0.25) is 9.78 Å². The number of nitrogens with zero attached hydrogens (tertiary/aromatic N) is 4. The van der Waals surface area contributed by atoms with Gasteiger partial charge in [-0.1, -0.05) is 5.92 Å². The van der Waals surface area contributed by atoms with Gasteiger partial charge >= 0.3 is 0 Å². The molecule has 1 amide bonds. The molecule has 4 aliphatic rings. The lowest BCUT2D eigenvalue weighted by Gasteiger charge is -2.60. The number of aryl methyl sites for hydroxylation is 2. The normalized spacial score (nSPS) is 31.8. The van der Waals surface area contributed by atoms with E-state index < -0.39 is 0 Å². The molecule has 0 saturated heterocycles. The lowest BCUT2D eigenvalue weighted by atomic mass is 9.47. The van der Waals surface area contributed by atoms with E-state index in [2.05, 4.69) is 37.1 Å². The number of amides is 1. The average Bonchev–Trinajstić information content (AvgIpc) is 2.65. The number of hydrogen-bond acceptors (Lipinski definition) is 5. The molecule has 2 heterocycles. The van der Waals surface area contributed by atoms with E-state index >= 15 is 0 Å². The Morgan fingerprint density at radius 2 is 1.93 bits per heavy atom. The minimum Gasteiger partial charge on any atom is -0.345 e. The van der Waals surface area contributed by atoms with Crippen LogP contribution in [0.4, 0.5) is 0 Å². The van der Waals surface area contributed by atoms with E-state index in [9.17, 15) is 4.79 Å². The van der Waals surface area contributed by atoms with Gasteiger partial charge in [-0.2, -0.15) is 0 Å². The van der Waals surface area contributed by atoms with Crippen molar-refractivity contribution in [1.82, 2.24) is 25.3 Å². The van der Waals surface area contributed by atoms with Gasteiger partial charge < -0.3 is 5.32 Å². The molecule has 2 aromatic rings. The molecule has 6 heteroatoms. The van der Waals surface area contributed by atoms with Gasteiger partial charge in [-0.15, -0.1) is 0 Å². The predicted octanol–water partition coefficient (Wildman–Crippen LogP) is 3.00. The number of aromatic nitrogens is 4. The quantitative estimate of drug-likeness (QED) is 0.801. The van der Waals surface area contributed by atoms with Crippen LogP contribution in [-0.2, 0) is 0 Å². The maximum Gasteiger partial charge on any atom is 0.270 e. The van der Waals surface area contributed by atoms with Gasteiger partial charge in [-0.05, 0) is 76.2 Å². The van der Waals surface area contributed by atoms with Gasteiger partial charge in [0, 0.05) is 23.3 Å². The Kier molecular flexibility index (Phi) is 4.16. The van der Waals surface area contributed by atoms with Crippen LogP contribution in [-0.4, -0.2) is 31.4 Å². The summed E-state index contributed by atoms with van der Waals surface area (Å²) in [5, 5.41) is 3.38. The first kappa shape index (κ1) is 18.2. The lowest BCUT2D eigenvalue weighted by molar-refractivity contribution is -0.0484. The molecule has 6 rings (SSSR count). The van der Waals surface area contributed by atoms with Crippen LogP contribution >= 0.6 is 0 Å². The molecule has 0 radical (unpaired) electrons. The molecule has 4 bridgehead atoms. The Morgan fingerprint density at radius 1 is 1.14 bits per heavy atom. The third kappa shape index (κ3) is 3.50. The van der Waals surface area contributed by atoms with Gasteiger partial charge in [0.25, 0.3) is 5.91 Å². The van der Waals surface area contributed by atoms with Crippen LogP contribution in [0.5, 0.6) is 0 Å². The fraction of sp³-hybridized carbons (Fsp3) is 0.522. The first-order valence-electron chi connectivity index (χ1n) is 10.4. The van der Waals surface area contributed by atoms with Crippen LogP contribution in [0.2, 0.25) is 0 Å². The monoisotopic (exact) mass is 387 g/mol. The van der Waals surface area contributed by atoms with Gasteiger partial charge in [0.05, 0.1) is 11.9 Å². The second-order valence-corrected chi connectivity index (χ2v) is 9.26. The zero-order valence-electron chi connectivity index (χ0n) is 16.9. The summed E-state index contributed by atoms with van der Waals surface area (Å²) in [5.74, 6) is 8.66. The van der Waals surface area contributed by atoms with Gasteiger partial charge in [0.2, 0.25) is 0 Å². The van der Waals surface area contributed by atoms with Crippen molar-refractivity contribution >= 4 is 5.91 Å². The average molecular weight is 387 g/mol. The molecule has 2 atom stereocenters. The first-order valence-corrected chi connectivity index (χ1v) is 10.4. The van der Waals surface area contributed by atoms with Crippen LogP contribution in [0, 0.1) is 42.9 Å². The minimum absolute atomic E-state index is 0.0373. The molecule has 4 aliphatic carbocycles. The van der Waals surface area contributed by atoms with Crippen molar-refractivity contribution in [3.63, 3.8) is 0 Å². The van der Waals surface area contributed by atoms with Crippen molar-refractivity contribution in [3.8, 4) is 11.8 Å². The van der Waals surface area contributed by atoms with Crippen LogP contribution < -0.4 is 5.32 Å². The fourth-order valence-corrected chi connectivity index (χ4v) is 6.16. The summed E-state index contributed by atoms with van der Waals surface area (Å²) < 4.78 is 0. The van der Waals surface area contributed by atoms with E-state index in [1.54, 1.807) is 31.6 Å². The molecule has 29 heavy (non-hydrogen) atoms. The highest BCUT2D eigenvalue weighted by molar-refractivity contribution is 5.92. The summed E-state index contributed by atoms with van der Waals surface area (Å²) in [6.07, 6.45) is 11.6. The number of nitrogens with one attached hydrogen (secondary N) is 1. The summed E-state index contributed by atoms with van der Waals surface area (Å²) in [6, 6.07) is 1.69. The van der Waals surface area contributed by atoms with Crippen LogP contribution in [0.1, 0.15) is 66.2 Å². The minimum atomic E-state index is -0.174. The van der Waals surface area contributed by atoms with Crippen molar-refractivity contribution in [3.05, 3.63) is 47.6 Å². The predicted molar refractivity (Wildman–Crippen MR) is 108 cm³/mol. The zero-order valence-corrected chi connectivity index (χ0v) is 16.9. The Morgan fingerprint density at radius 3 is 2.66 bits per heavy atom. The number of carbonyl (C=O) groups excluding carboxylic acids is 1. The van der Waals surface area contributed by atoms with Crippen LogP contribution in [0.3, 0.4) is 0 Å². The van der Waals surface area contributed by atoms with Gasteiger partial charge in [0.1, 0.15) is 17.2 Å². The highest BCUT2D eigenvalue weighted by atomic mass is 16.2. The molecule has 6 nitrogen and oxygen atoms in total. The van der Waals surface area contributed by atoms with Gasteiger partial charge in [-0.25, -0.2) is 15.0 Å². The van der Waals surface area contributed by atoms with Crippen molar-refractivity contribution in [2.24, 2.45) is 17.3 Å². The molecule has 0 spiro atoms. The molecule has 148 valence electrons. The third-order valence-electron chi connectivity index (χ3n) is 6.66. The van der Waals surface area contributed by atoms with E-state index in [0.29, 0.717) is 23.4 Å². The van der Waals surface area contributed by atoms with E-state index in [4.69, 9.17) is 0 Å². The maximum atomic E-state index is 12.9. The Bertz CT molecular complexity index is 1020. The van der Waals surface area contributed by atoms with E-state index in [-0.39, 0.29) is 16.9 Å². The van der Waals surface area contributed by atoms with E-state index in [1.807, 2.05) is 6.92 Å². The molecule has 4 fully saturated rings. The maximum absolute atomic E-state index is 12.9. The Labute approximate surface area is 171 Å². The Hall–Kier alpha value is -2.81. The molecule has 0 aliphatic heterocycles. The van der Waals surface area contributed by atoms with Crippen molar-refractivity contribution < 1.29 is 4.79 Å². The summed E-state index contributed by atoms with van der Waals surface area (Å²) in [7, 11) is 0. The number of carbonyl (C=O) groups is 1. The summed E-state index contributed by atoms with van der Waals surface area (Å²) >= 11 is 0. The van der Waals surface area contributed by atoms with Crippen molar-refractivity contribution in [2.75, 3.05) is 0 Å². The van der Waals surface area contributed by atoms with E-state index in [1.165, 1.54) is 6.42 Å². The zero-order chi connectivity index (χ0) is 20.1. The Balaban J connectivity index is 1.42. The molecule has 2 aromatic heterocycles. The molecular formula is C23H25N5O. The highest BCUT2D eigenvalue weighted by Crippen LogP contribution is 2.61. The molecule has 2 unspecified atom stereocenters. The van der Waals surface area contributed by atoms with Crippen LogP contribution in [0.15, 0.2) is 24.7 Å². The lowest BCUT2D eigenvalue weighted by Crippen LogP contribution is -2.63. The summed E-state index contributed by atoms with van der Waals surface area (Å²) in [6.45, 7) is 3.74. The topological polar surface area (TPSA) is 80.7 Å². The highest BCUT2D eigenvalue weighted by Gasteiger charge is 2.57.